The molecule has 26 heavy (non-hydrogen) atoms. The van der Waals surface area contributed by atoms with Crippen LogP contribution in [-0.2, 0) is 6.54 Å². The topological polar surface area (TPSA) is 59.3 Å². The highest BCUT2D eigenvalue weighted by atomic mass is 35.5. The van der Waals surface area contributed by atoms with E-state index in [0.29, 0.717) is 26.9 Å². The number of carbonyl (C=O) groups excluding carboxylic acids is 1. The lowest BCUT2D eigenvalue weighted by Gasteiger charge is -2.06. The summed E-state index contributed by atoms with van der Waals surface area (Å²) in [7, 11) is 0. The molecule has 0 unspecified atom stereocenters. The highest BCUT2D eigenvalue weighted by Crippen LogP contribution is 2.21. The van der Waals surface area contributed by atoms with Crippen molar-refractivity contribution in [2.75, 3.05) is 0 Å². The third-order valence-electron chi connectivity index (χ3n) is 4.16. The van der Waals surface area contributed by atoms with Gasteiger partial charge >= 0.3 is 0 Å². The second-order valence-corrected chi connectivity index (χ2v) is 6.71. The van der Waals surface area contributed by atoms with E-state index in [4.69, 9.17) is 23.2 Å². The lowest BCUT2D eigenvalue weighted by atomic mass is 10.1. The van der Waals surface area contributed by atoms with Crippen LogP contribution in [0.3, 0.4) is 0 Å². The fourth-order valence-electron chi connectivity index (χ4n) is 2.82. The maximum Gasteiger partial charge on any atom is 0.271 e. The van der Waals surface area contributed by atoms with Gasteiger partial charge in [-0.05, 0) is 57.2 Å². The Morgan fingerprint density at radius 3 is 2.73 bits per heavy atom. The van der Waals surface area contributed by atoms with Crippen LogP contribution < -0.4 is 5.43 Å². The molecule has 7 heteroatoms. The van der Waals surface area contributed by atoms with Gasteiger partial charge < -0.3 is 4.57 Å². The van der Waals surface area contributed by atoms with Gasteiger partial charge in [0.1, 0.15) is 5.82 Å². The number of aromatic nitrogens is 2. The second-order valence-electron chi connectivity index (χ2n) is 5.87. The Kier molecular flexibility index (Phi) is 5.30. The van der Waals surface area contributed by atoms with Crippen LogP contribution in [-0.4, -0.2) is 21.2 Å². The largest absolute Gasteiger partial charge is 0.329 e. The fraction of sp³-hybridized carbons (Fsp3) is 0.211. The van der Waals surface area contributed by atoms with Crippen molar-refractivity contribution in [3.05, 3.63) is 63.4 Å². The zero-order chi connectivity index (χ0) is 18.8. The van der Waals surface area contributed by atoms with Crippen LogP contribution in [0.25, 0.3) is 11.0 Å². The predicted molar refractivity (Wildman–Crippen MR) is 106 cm³/mol. The van der Waals surface area contributed by atoms with E-state index in [0.717, 1.165) is 23.4 Å². The molecule has 1 amide bonds. The van der Waals surface area contributed by atoms with Gasteiger partial charge in [-0.1, -0.05) is 23.2 Å². The molecule has 0 atom stereocenters. The molecular formula is C19H18Cl2N4O. The van der Waals surface area contributed by atoms with Crippen molar-refractivity contribution in [1.29, 1.82) is 0 Å². The maximum atomic E-state index is 12.4. The van der Waals surface area contributed by atoms with Crippen LogP contribution in [0.5, 0.6) is 0 Å². The number of halogens is 2. The molecule has 2 aromatic carbocycles. The average molecular weight is 389 g/mol. The lowest BCUT2D eigenvalue weighted by molar-refractivity contribution is 0.0955. The molecule has 0 saturated carbocycles. The van der Waals surface area contributed by atoms with Gasteiger partial charge in [-0.25, -0.2) is 10.4 Å². The number of hydrazone groups is 1. The molecule has 0 radical (unpaired) electrons. The highest BCUT2D eigenvalue weighted by Gasteiger charge is 2.11. The number of hydrogen-bond donors (Lipinski definition) is 1. The first kappa shape index (κ1) is 18.4. The summed E-state index contributed by atoms with van der Waals surface area (Å²) in [5.41, 5.74) is 6.08. The van der Waals surface area contributed by atoms with Gasteiger partial charge in [-0.2, -0.15) is 5.10 Å². The lowest BCUT2D eigenvalue weighted by Crippen LogP contribution is -2.19. The summed E-state index contributed by atoms with van der Waals surface area (Å²) < 4.78 is 2.10. The molecule has 0 aliphatic carbocycles. The molecule has 1 heterocycles. The van der Waals surface area contributed by atoms with Crippen molar-refractivity contribution in [2.24, 2.45) is 5.10 Å². The van der Waals surface area contributed by atoms with Gasteiger partial charge in [0.05, 0.1) is 16.7 Å². The summed E-state index contributed by atoms with van der Waals surface area (Å²) in [5.74, 6) is 0.609. The smallest absolute Gasteiger partial charge is 0.271 e. The number of hydrogen-bond acceptors (Lipinski definition) is 3. The Bertz CT molecular complexity index is 1020. The highest BCUT2D eigenvalue weighted by molar-refractivity contribution is 6.36. The number of aryl methyl sites for hydroxylation is 2. The van der Waals surface area contributed by atoms with Crippen LogP contribution in [0.2, 0.25) is 10.0 Å². The van der Waals surface area contributed by atoms with Gasteiger partial charge in [0, 0.05) is 27.7 Å². The van der Waals surface area contributed by atoms with E-state index >= 15 is 0 Å². The van der Waals surface area contributed by atoms with Gasteiger partial charge in [-0.15, -0.1) is 0 Å². The molecule has 0 bridgehead atoms. The number of amides is 1. The molecule has 0 aliphatic heterocycles. The van der Waals surface area contributed by atoms with E-state index in [1.165, 1.54) is 0 Å². The third-order valence-corrected chi connectivity index (χ3v) is 4.73. The molecule has 0 spiro atoms. The van der Waals surface area contributed by atoms with Crippen LogP contribution in [0.4, 0.5) is 0 Å². The monoisotopic (exact) mass is 388 g/mol. The van der Waals surface area contributed by atoms with E-state index in [1.807, 2.05) is 13.0 Å². The molecule has 3 rings (SSSR count). The minimum atomic E-state index is -0.312. The first-order valence-corrected chi connectivity index (χ1v) is 8.93. The molecular weight excluding hydrogens is 371 g/mol. The zero-order valence-corrected chi connectivity index (χ0v) is 16.2. The zero-order valence-electron chi connectivity index (χ0n) is 14.7. The van der Waals surface area contributed by atoms with E-state index < -0.39 is 0 Å². The van der Waals surface area contributed by atoms with Crippen LogP contribution >= 0.6 is 23.2 Å². The number of nitrogens with zero attached hydrogens (tertiary/aromatic N) is 3. The Morgan fingerprint density at radius 1 is 1.23 bits per heavy atom. The van der Waals surface area contributed by atoms with Crippen LogP contribution in [0, 0.1) is 6.92 Å². The molecule has 0 fully saturated rings. The predicted octanol–water partition coefficient (Wildman–Crippen LogP) is 4.83. The number of nitrogens with one attached hydrogen (secondary N) is 1. The first-order chi connectivity index (χ1) is 12.4. The van der Waals surface area contributed by atoms with Gasteiger partial charge in [0.15, 0.2) is 0 Å². The Balaban J connectivity index is 1.83. The summed E-state index contributed by atoms with van der Waals surface area (Å²) in [6.45, 7) is 6.60. The Hall–Kier alpha value is -2.37. The number of fused-ring (bicyclic) bond motifs is 1. The van der Waals surface area contributed by atoms with E-state index in [-0.39, 0.29) is 5.91 Å². The van der Waals surface area contributed by atoms with Gasteiger partial charge in [0.25, 0.3) is 5.91 Å². The molecule has 0 aliphatic rings. The van der Waals surface area contributed by atoms with E-state index in [1.54, 1.807) is 37.3 Å². The number of carbonyl (C=O) groups is 1. The van der Waals surface area contributed by atoms with Gasteiger partial charge in [0.2, 0.25) is 0 Å². The van der Waals surface area contributed by atoms with E-state index in [2.05, 4.69) is 27.0 Å². The SMILES string of the molecule is CCn1c(C)nc2cc(C(=O)NN=C(C)c3cc(Cl)ccc3Cl)ccc21. The normalized spacial score (nSPS) is 11.8. The molecule has 1 N–H and O–H groups in total. The summed E-state index contributed by atoms with van der Waals surface area (Å²) >= 11 is 12.1. The van der Waals surface area contributed by atoms with Crippen LogP contribution in [0.15, 0.2) is 41.5 Å². The quantitative estimate of drug-likeness (QED) is 0.514. The van der Waals surface area contributed by atoms with Crippen molar-refractivity contribution in [2.45, 2.75) is 27.3 Å². The molecule has 3 aromatic rings. The van der Waals surface area contributed by atoms with Crippen molar-refractivity contribution in [1.82, 2.24) is 15.0 Å². The van der Waals surface area contributed by atoms with Crippen molar-refractivity contribution < 1.29 is 4.79 Å². The molecule has 5 nitrogen and oxygen atoms in total. The minimum Gasteiger partial charge on any atom is -0.329 e. The second kappa shape index (κ2) is 7.48. The summed E-state index contributed by atoms with van der Waals surface area (Å²) in [6, 6.07) is 10.5. The number of rotatable bonds is 4. The van der Waals surface area contributed by atoms with Crippen LogP contribution in [0.1, 0.15) is 35.6 Å². The fourth-order valence-corrected chi connectivity index (χ4v) is 3.25. The first-order valence-electron chi connectivity index (χ1n) is 8.17. The summed E-state index contributed by atoms with van der Waals surface area (Å²) in [6.07, 6.45) is 0. The van der Waals surface area contributed by atoms with Crippen molar-refractivity contribution in [3.8, 4) is 0 Å². The number of imidazole rings is 1. The summed E-state index contributed by atoms with van der Waals surface area (Å²) in [5, 5.41) is 5.21. The minimum absolute atomic E-state index is 0.312. The third kappa shape index (κ3) is 3.59. The molecule has 134 valence electrons. The van der Waals surface area contributed by atoms with Crippen molar-refractivity contribution in [3.63, 3.8) is 0 Å². The standard InChI is InChI=1S/C19H18Cl2N4O/c1-4-25-12(3)22-17-9-13(5-8-18(17)25)19(26)24-23-11(2)15-10-14(20)6-7-16(15)21/h5-10H,4H2,1-3H3,(H,24,26). The Morgan fingerprint density at radius 2 is 2.00 bits per heavy atom. The molecule has 0 saturated heterocycles. The maximum absolute atomic E-state index is 12.4. The Labute approximate surface area is 161 Å². The van der Waals surface area contributed by atoms with Crippen molar-refractivity contribution >= 4 is 45.9 Å². The number of benzene rings is 2. The van der Waals surface area contributed by atoms with Gasteiger partial charge in [-0.3, -0.25) is 4.79 Å². The summed E-state index contributed by atoms with van der Waals surface area (Å²) in [4.78, 5) is 16.9. The average Bonchev–Trinajstić information content (AvgIpc) is 2.95. The molecule has 1 aromatic heterocycles. The van der Waals surface area contributed by atoms with E-state index in [9.17, 15) is 4.79 Å².